The predicted octanol–water partition coefficient (Wildman–Crippen LogP) is 3.29. The lowest BCUT2D eigenvalue weighted by atomic mass is 9.88. The molecule has 158 valence electrons. The summed E-state index contributed by atoms with van der Waals surface area (Å²) < 4.78 is 10.8. The number of methoxy groups -OCH3 is 2. The smallest absolute Gasteiger partial charge is 0.124 e. The average Bonchev–Trinajstić information content (AvgIpc) is 2.71. The number of aliphatic hydroxyl groups is 1. The van der Waals surface area contributed by atoms with Gasteiger partial charge in [-0.05, 0) is 42.9 Å². The zero-order valence-corrected chi connectivity index (χ0v) is 17.7. The van der Waals surface area contributed by atoms with Gasteiger partial charge in [-0.25, -0.2) is 0 Å². The summed E-state index contributed by atoms with van der Waals surface area (Å²) in [4.78, 5) is 5.20. The minimum Gasteiger partial charge on any atom is -0.496 e. The Balaban J connectivity index is 1.59. The molecule has 1 saturated heterocycles. The van der Waals surface area contributed by atoms with Crippen LogP contribution in [-0.4, -0.2) is 68.0 Å². The summed E-state index contributed by atoms with van der Waals surface area (Å²) in [6.07, 6.45) is 7.87. The van der Waals surface area contributed by atoms with Gasteiger partial charge in [-0.15, -0.1) is 0 Å². The molecular weight excluding hydrogens is 352 g/mol. The fraction of sp³-hybridized carbons (Fsp3) is 0.739. The van der Waals surface area contributed by atoms with Crippen LogP contribution in [0.25, 0.3) is 0 Å². The number of nitrogens with zero attached hydrogens (tertiary/aromatic N) is 2. The number of piperazine rings is 1. The Morgan fingerprint density at radius 3 is 2.64 bits per heavy atom. The molecule has 3 rings (SSSR count). The molecule has 1 aliphatic carbocycles. The van der Waals surface area contributed by atoms with Crippen molar-refractivity contribution < 1.29 is 14.6 Å². The average molecular weight is 391 g/mol. The van der Waals surface area contributed by atoms with Crippen LogP contribution in [0, 0.1) is 5.92 Å². The first-order valence-corrected chi connectivity index (χ1v) is 11.0. The Hall–Kier alpha value is -1.14. The van der Waals surface area contributed by atoms with E-state index < -0.39 is 0 Å². The van der Waals surface area contributed by atoms with Crippen LogP contribution < -0.4 is 4.74 Å². The zero-order valence-electron chi connectivity index (χ0n) is 17.7. The maximum atomic E-state index is 9.60. The largest absolute Gasteiger partial charge is 0.496 e. The van der Waals surface area contributed by atoms with Crippen LogP contribution in [-0.2, 0) is 17.9 Å². The third kappa shape index (κ3) is 5.93. The van der Waals surface area contributed by atoms with Crippen LogP contribution >= 0.6 is 0 Å². The molecule has 0 spiro atoms. The van der Waals surface area contributed by atoms with Crippen LogP contribution in [0.3, 0.4) is 0 Å². The summed E-state index contributed by atoms with van der Waals surface area (Å²) in [5, 5.41) is 9.60. The number of aliphatic hydroxyl groups excluding tert-OH is 1. The predicted molar refractivity (Wildman–Crippen MR) is 113 cm³/mol. The van der Waals surface area contributed by atoms with Gasteiger partial charge in [0.05, 0.1) is 13.7 Å². The molecule has 2 aliphatic rings. The lowest BCUT2D eigenvalue weighted by Crippen LogP contribution is -2.54. The third-order valence-electron chi connectivity index (χ3n) is 6.42. The molecule has 0 radical (unpaired) electrons. The molecule has 0 aromatic heterocycles. The van der Waals surface area contributed by atoms with Crippen molar-refractivity contribution >= 4 is 0 Å². The van der Waals surface area contributed by atoms with Gasteiger partial charge in [0.1, 0.15) is 5.75 Å². The standard InChI is InChI=1S/C23H38N2O3/c1-27-18-21-14-20(8-9-23(21)28-2)15-24-11-12-25(22(17-24)10-13-26)16-19-6-4-3-5-7-19/h8-9,14,19,22,26H,3-7,10-13,15-18H2,1-2H3/t22-/m1/s1. The van der Waals surface area contributed by atoms with Crippen LogP contribution in [0.4, 0.5) is 0 Å². The molecule has 1 aromatic carbocycles. The monoisotopic (exact) mass is 390 g/mol. The highest BCUT2D eigenvalue weighted by molar-refractivity contribution is 5.37. The molecule has 5 heteroatoms. The molecule has 1 heterocycles. The molecular formula is C23H38N2O3. The van der Waals surface area contributed by atoms with Crippen LogP contribution in [0.2, 0.25) is 0 Å². The Bertz CT molecular complexity index is 589. The Morgan fingerprint density at radius 1 is 1.11 bits per heavy atom. The third-order valence-corrected chi connectivity index (χ3v) is 6.42. The van der Waals surface area contributed by atoms with Gasteiger partial charge in [0.2, 0.25) is 0 Å². The highest BCUT2D eigenvalue weighted by Crippen LogP contribution is 2.27. The van der Waals surface area contributed by atoms with Gasteiger partial charge in [-0.2, -0.15) is 0 Å². The summed E-state index contributed by atoms with van der Waals surface area (Å²) in [6.45, 7) is 6.26. The van der Waals surface area contributed by atoms with Gasteiger partial charge in [0.15, 0.2) is 0 Å². The molecule has 2 fully saturated rings. The summed E-state index contributed by atoms with van der Waals surface area (Å²) in [5.41, 5.74) is 2.40. The van der Waals surface area contributed by atoms with E-state index in [0.29, 0.717) is 12.6 Å². The van der Waals surface area contributed by atoms with E-state index in [1.807, 2.05) is 6.07 Å². The van der Waals surface area contributed by atoms with Gasteiger partial charge in [-0.3, -0.25) is 9.80 Å². The fourth-order valence-corrected chi connectivity index (χ4v) is 4.92. The summed E-state index contributed by atoms with van der Waals surface area (Å²) in [6, 6.07) is 6.89. The van der Waals surface area contributed by atoms with Crippen molar-refractivity contribution in [2.75, 3.05) is 47.0 Å². The van der Waals surface area contributed by atoms with Gasteiger partial charge >= 0.3 is 0 Å². The molecule has 0 bridgehead atoms. The van der Waals surface area contributed by atoms with Crippen LogP contribution in [0.15, 0.2) is 18.2 Å². The van der Waals surface area contributed by atoms with E-state index in [-0.39, 0.29) is 6.61 Å². The maximum absolute atomic E-state index is 9.60. The molecule has 1 aromatic rings. The Labute approximate surface area is 170 Å². The molecule has 1 atom stereocenters. The molecule has 0 amide bonds. The van der Waals surface area contributed by atoms with Gasteiger partial charge in [0.25, 0.3) is 0 Å². The number of hydrogen-bond donors (Lipinski definition) is 1. The summed E-state index contributed by atoms with van der Waals surface area (Å²) in [7, 11) is 3.43. The van der Waals surface area contributed by atoms with Crippen LogP contribution in [0.1, 0.15) is 49.7 Å². The van der Waals surface area contributed by atoms with Gasteiger partial charge < -0.3 is 14.6 Å². The first-order chi connectivity index (χ1) is 13.7. The minimum atomic E-state index is 0.278. The number of rotatable bonds is 9. The molecule has 1 aliphatic heterocycles. The van der Waals surface area contributed by atoms with E-state index in [0.717, 1.165) is 49.8 Å². The van der Waals surface area contributed by atoms with Crippen molar-refractivity contribution in [2.45, 2.75) is 57.7 Å². The first kappa shape index (κ1) is 21.6. The first-order valence-electron chi connectivity index (χ1n) is 11.0. The van der Waals surface area contributed by atoms with Crippen molar-refractivity contribution in [3.63, 3.8) is 0 Å². The molecule has 1 N–H and O–H groups in total. The lowest BCUT2D eigenvalue weighted by Gasteiger charge is -2.43. The molecule has 1 saturated carbocycles. The second-order valence-corrected chi connectivity index (χ2v) is 8.48. The van der Waals surface area contributed by atoms with E-state index in [2.05, 4.69) is 21.9 Å². The van der Waals surface area contributed by atoms with Crippen molar-refractivity contribution in [3.8, 4) is 5.75 Å². The fourth-order valence-electron chi connectivity index (χ4n) is 4.92. The van der Waals surface area contributed by atoms with E-state index >= 15 is 0 Å². The van der Waals surface area contributed by atoms with Crippen molar-refractivity contribution in [1.29, 1.82) is 0 Å². The summed E-state index contributed by atoms with van der Waals surface area (Å²) >= 11 is 0. The number of ether oxygens (including phenoxy) is 2. The summed E-state index contributed by atoms with van der Waals surface area (Å²) in [5.74, 6) is 1.75. The van der Waals surface area contributed by atoms with Crippen molar-refractivity contribution in [2.24, 2.45) is 5.92 Å². The Morgan fingerprint density at radius 2 is 1.93 bits per heavy atom. The Kier molecular flexibility index (Phi) is 8.59. The highest BCUT2D eigenvalue weighted by atomic mass is 16.5. The SMILES string of the molecule is COCc1cc(CN2CCN(CC3CCCCC3)[C@H](CCO)C2)ccc1OC. The second kappa shape index (κ2) is 11.1. The van der Waals surface area contributed by atoms with E-state index in [1.54, 1.807) is 14.2 Å². The van der Waals surface area contributed by atoms with E-state index in [9.17, 15) is 5.11 Å². The van der Waals surface area contributed by atoms with E-state index in [1.165, 1.54) is 44.2 Å². The van der Waals surface area contributed by atoms with Crippen molar-refractivity contribution in [1.82, 2.24) is 9.80 Å². The molecule has 5 nitrogen and oxygen atoms in total. The lowest BCUT2D eigenvalue weighted by molar-refractivity contribution is 0.0400. The number of hydrogen-bond acceptors (Lipinski definition) is 5. The normalized spacial score (nSPS) is 22.5. The van der Waals surface area contributed by atoms with Gasteiger partial charge in [0, 0.05) is 58.0 Å². The topological polar surface area (TPSA) is 45.2 Å². The maximum Gasteiger partial charge on any atom is 0.124 e. The zero-order chi connectivity index (χ0) is 19.8. The highest BCUT2D eigenvalue weighted by Gasteiger charge is 2.29. The molecule has 0 unspecified atom stereocenters. The van der Waals surface area contributed by atoms with E-state index in [4.69, 9.17) is 9.47 Å². The number of benzene rings is 1. The minimum absolute atomic E-state index is 0.278. The molecule has 28 heavy (non-hydrogen) atoms. The van der Waals surface area contributed by atoms with Crippen LogP contribution in [0.5, 0.6) is 5.75 Å². The van der Waals surface area contributed by atoms with Gasteiger partial charge in [-0.1, -0.05) is 25.3 Å². The van der Waals surface area contributed by atoms with Crippen molar-refractivity contribution in [3.05, 3.63) is 29.3 Å². The second-order valence-electron chi connectivity index (χ2n) is 8.48. The quantitative estimate of drug-likeness (QED) is 0.701.